The van der Waals surface area contributed by atoms with Crippen molar-refractivity contribution in [2.75, 3.05) is 12.8 Å². The van der Waals surface area contributed by atoms with E-state index in [1.54, 1.807) is 54.6 Å². The number of nitrogens with two attached hydrogens (primary N) is 1. The van der Waals surface area contributed by atoms with Gasteiger partial charge < -0.3 is 10.5 Å². The minimum atomic E-state index is -0.419. The van der Waals surface area contributed by atoms with Gasteiger partial charge in [-0.25, -0.2) is 4.79 Å². The van der Waals surface area contributed by atoms with E-state index >= 15 is 0 Å². The highest BCUT2D eigenvalue weighted by Gasteiger charge is 2.08. The van der Waals surface area contributed by atoms with Crippen LogP contribution in [0.3, 0.4) is 0 Å². The first-order valence-electron chi connectivity index (χ1n) is 6.36. The fourth-order valence-corrected chi connectivity index (χ4v) is 1.78. The van der Waals surface area contributed by atoms with Crippen molar-refractivity contribution in [2.24, 2.45) is 0 Å². The summed E-state index contributed by atoms with van der Waals surface area (Å²) in [6.45, 7) is 0. The molecule has 106 valence electrons. The number of hydrogen-bond donors (Lipinski definition) is 1. The lowest BCUT2D eigenvalue weighted by Crippen LogP contribution is -2.01. The van der Waals surface area contributed by atoms with Crippen molar-refractivity contribution in [1.82, 2.24) is 0 Å². The first-order chi connectivity index (χ1) is 10.1. The van der Waals surface area contributed by atoms with Gasteiger partial charge in [0.25, 0.3) is 0 Å². The number of ether oxygens (including phenoxy) is 1. The Kier molecular flexibility index (Phi) is 4.51. The van der Waals surface area contributed by atoms with E-state index in [4.69, 9.17) is 5.73 Å². The minimum Gasteiger partial charge on any atom is -0.466 e. The van der Waals surface area contributed by atoms with Crippen LogP contribution in [-0.2, 0) is 9.53 Å². The van der Waals surface area contributed by atoms with Crippen molar-refractivity contribution in [3.05, 3.63) is 71.3 Å². The SMILES string of the molecule is COC(=O)C=Cc1ccc(C(=O)c2ccc(N)cc2)cc1. The Morgan fingerprint density at radius 1 is 0.952 bits per heavy atom. The Balaban J connectivity index is 2.15. The number of benzene rings is 2. The number of esters is 1. The zero-order valence-electron chi connectivity index (χ0n) is 11.6. The van der Waals surface area contributed by atoms with Gasteiger partial charge in [-0.1, -0.05) is 24.3 Å². The summed E-state index contributed by atoms with van der Waals surface area (Å²) in [5.74, 6) is -0.490. The lowest BCUT2D eigenvalue weighted by molar-refractivity contribution is -0.134. The maximum Gasteiger partial charge on any atom is 0.330 e. The number of anilines is 1. The second-order valence-electron chi connectivity index (χ2n) is 4.43. The number of carbonyl (C=O) groups is 2. The smallest absolute Gasteiger partial charge is 0.330 e. The van der Waals surface area contributed by atoms with Crippen LogP contribution in [-0.4, -0.2) is 18.9 Å². The van der Waals surface area contributed by atoms with Crippen LogP contribution in [0.4, 0.5) is 5.69 Å². The van der Waals surface area contributed by atoms with Gasteiger partial charge >= 0.3 is 5.97 Å². The highest BCUT2D eigenvalue weighted by atomic mass is 16.5. The minimum absolute atomic E-state index is 0.0708. The summed E-state index contributed by atoms with van der Waals surface area (Å²) < 4.78 is 4.51. The third kappa shape index (κ3) is 3.79. The molecule has 2 rings (SSSR count). The molecule has 2 aromatic carbocycles. The standard InChI is InChI=1S/C17H15NO3/c1-21-16(19)11-4-12-2-5-13(6-3-12)17(20)14-7-9-15(18)10-8-14/h2-11H,18H2,1H3. The van der Waals surface area contributed by atoms with Gasteiger partial charge in [-0.15, -0.1) is 0 Å². The summed E-state index contributed by atoms with van der Waals surface area (Å²) in [5.41, 5.74) is 8.20. The molecular weight excluding hydrogens is 266 g/mol. The van der Waals surface area contributed by atoms with Gasteiger partial charge in [-0.2, -0.15) is 0 Å². The van der Waals surface area contributed by atoms with Gasteiger partial charge in [0.15, 0.2) is 5.78 Å². The van der Waals surface area contributed by atoms with Gasteiger partial charge in [0.2, 0.25) is 0 Å². The van der Waals surface area contributed by atoms with Gasteiger partial charge in [0.05, 0.1) is 7.11 Å². The fourth-order valence-electron chi connectivity index (χ4n) is 1.78. The van der Waals surface area contributed by atoms with Crippen LogP contribution >= 0.6 is 0 Å². The maximum absolute atomic E-state index is 12.2. The fraction of sp³-hybridized carbons (Fsp3) is 0.0588. The molecule has 0 aliphatic heterocycles. The molecule has 0 aliphatic carbocycles. The molecule has 2 N–H and O–H groups in total. The van der Waals surface area contributed by atoms with Crippen molar-refractivity contribution in [1.29, 1.82) is 0 Å². The number of ketones is 1. The number of rotatable bonds is 4. The lowest BCUT2D eigenvalue weighted by Gasteiger charge is -2.02. The molecule has 0 saturated carbocycles. The van der Waals surface area contributed by atoms with Crippen molar-refractivity contribution in [3.8, 4) is 0 Å². The Hall–Kier alpha value is -2.88. The Labute approximate surface area is 122 Å². The van der Waals surface area contributed by atoms with Crippen LogP contribution in [0.25, 0.3) is 6.08 Å². The molecule has 0 aliphatic rings. The molecule has 4 nitrogen and oxygen atoms in total. The van der Waals surface area contributed by atoms with E-state index in [2.05, 4.69) is 4.74 Å². The van der Waals surface area contributed by atoms with Crippen LogP contribution in [0.2, 0.25) is 0 Å². The third-order valence-corrected chi connectivity index (χ3v) is 2.96. The molecular formula is C17H15NO3. The molecule has 0 unspecified atom stereocenters. The first-order valence-corrected chi connectivity index (χ1v) is 6.36. The molecule has 0 aromatic heterocycles. The summed E-state index contributed by atoms with van der Waals surface area (Å²) in [7, 11) is 1.32. The second kappa shape index (κ2) is 6.52. The number of carbonyl (C=O) groups excluding carboxylic acids is 2. The summed E-state index contributed by atoms with van der Waals surface area (Å²) in [4.78, 5) is 23.2. The maximum atomic E-state index is 12.2. The topological polar surface area (TPSA) is 69.4 Å². The molecule has 0 heterocycles. The zero-order chi connectivity index (χ0) is 15.2. The summed E-state index contributed by atoms with van der Waals surface area (Å²) in [6.07, 6.45) is 2.96. The molecule has 0 atom stereocenters. The lowest BCUT2D eigenvalue weighted by atomic mass is 10.0. The van der Waals surface area contributed by atoms with Crippen molar-refractivity contribution >= 4 is 23.5 Å². The average Bonchev–Trinajstić information content (AvgIpc) is 2.53. The molecule has 4 heteroatoms. The van der Waals surface area contributed by atoms with Gasteiger partial charge in [-0.05, 0) is 35.9 Å². The van der Waals surface area contributed by atoms with E-state index in [0.29, 0.717) is 16.8 Å². The molecule has 0 saturated heterocycles. The summed E-state index contributed by atoms with van der Waals surface area (Å²) in [5, 5.41) is 0. The monoisotopic (exact) mass is 281 g/mol. The predicted octanol–water partition coefficient (Wildman–Crippen LogP) is 2.69. The largest absolute Gasteiger partial charge is 0.466 e. The predicted molar refractivity (Wildman–Crippen MR) is 81.8 cm³/mol. The van der Waals surface area contributed by atoms with Crippen LogP contribution in [0.15, 0.2) is 54.6 Å². The number of nitrogen functional groups attached to an aromatic ring is 1. The van der Waals surface area contributed by atoms with Gasteiger partial charge in [-0.3, -0.25) is 4.79 Å². The molecule has 0 bridgehead atoms. The molecule has 21 heavy (non-hydrogen) atoms. The molecule has 0 fully saturated rings. The van der Waals surface area contributed by atoms with E-state index in [1.165, 1.54) is 13.2 Å². The molecule has 2 aromatic rings. The molecule has 0 amide bonds. The normalized spacial score (nSPS) is 10.5. The Morgan fingerprint density at radius 2 is 1.48 bits per heavy atom. The highest BCUT2D eigenvalue weighted by molar-refractivity contribution is 6.09. The third-order valence-electron chi connectivity index (χ3n) is 2.96. The quantitative estimate of drug-likeness (QED) is 0.405. The summed E-state index contributed by atoms with van der Waals surface area (Å²) >= 11 is 0. The summed E-state index contributed by atoms with van der Waals surface area (Å²) in [6, 6.07) is 13.8. The first kappa shape index (κ1) is 14.5. The van der Waals surface area contributed by atoms with Crippen molar-refractivity contribution in [2.45, 2.75) is 0 Å². The van der Waals surface area contributed by atoms with Crippen molar-refractivity contribution < 1.29 is 14.3 Å². The van der Waals surface area contributed by atoms with E-state index in [1.807, 2.05) is 0 Å². The molecule has 0 radical (unpaired) electrons. The zero-order valence-corrected chi connectivity index (χ0v) is 11.6. The Bertz CT molecular complexity index is 670. The van der Waals surface area contributed by atoms with Crippen LogP contribution in [0.1, 0.15) is 21.5 Å². The number of methoxy groups -OCH3 is 1. The van der Waals surface area contributed by atoms with Gasteiger partial charge in [0.1, 0.15) is 0 Å². The van der Waals surface area contributed by atoms with E-state index in [-0.39, 0.29) is 5.78 Å². The van der Waals surface area contributed by atoms with E-state index in [9.17, 15) is 9.59 Å². The highest BCUT2D eigenvalue weighted by Crippen LogP contribution is 2.13. The van der Waals surface area contributed by atoms with E-state index in [0.717, 1.165) is 5.56 Å². The Morgan fingerprint density at radius 3 is 2.00 bits per heavy atom. The van der Waals surface area contributed by atoms with Crippen LogP contribution in [0, 0.1) is 0 Å². The number of hydrogen-bond acceptors (Lipinski definition) is 4. The van der Waals surface area contributed by atoms with E-state index < -0.39 is 5.97 Å². The van der Waals surface area contributed by atoms with Gasteiger partial charge in [0, 0.05) is 22.9 Å². The van der Waals surface area contributed by atoms with Crippen LogP contribution < -0.4 is 5.73 Å². The second-order valence-corrected chi connectivity index (χ2v) is 4.43. The molecule has 0 spiro atoms. The van der Waals surface area contributed by atoms with Crippen molar-refractivity contribution in [3.63, 3.8) is 0 Å². The average molecular weight is 281 g/mol. The van der Waals surface area contributed by atoms with Crippen LogP contribution in [0.5, 0.6) is 0 Å².